The summed E-state index contributed by atoms with van der Waals surface area (Å²) < 4.78 is 5.49. The molecule has 0 fully saturated rings. The number of quaternary nitrogens is 1. The zero-order chi connectivity index (χ0) is 14.9. The first kappa shape index (κ1) is 21.5. The van der Waals surface area contributed by atoms with Gasteiger partial charge in [-0.25, -0.2) is 4.79 Å². The van der Waals surface area contributed by atoms with Crippen LogP contribution in [-0.4, -0.2) is 55.3 Å². The zero-order valence-electron chi connectivity index (χ0n) is 13.0. The lowest BCUT2D eigenvalue weighted by atomic mass is 10.1. The van der Waals surface area contributed by atoms with Crippen molar-refractivity contribution in [2.45, 2.75) is 51.6 Å². The Hall–Kier alpha value is -0.810. The molecule has 0 bridgehead atoms. The maximum absolute atomic E-state index is 11.6. The Kier molecular flexibility index (Phi) is 11.7. The topological polar surface area (TPSA) is 63.6 Å². The predicted octanol–water partition coefficient (Wildman–Crippen LogP) is -0.946. The molecule has 0 heterocycles. The van der Waals surface area contributed by atoms with E-state index in [1.807, 2.05) is 21.1 Å². The Morgan fingerprint density at radius 2 is 1.65 bits per heavy atom. The summed E-state index contributed by atoms with van der Waals surface area (Å²) >= 11 is 0. The number of aliphatic carboxylic acids is 1. The summed E-state index contributed by atoms with van der Waals surface area (Å²) in [6.07, 6.45) is 4.48. The molecule has 0 aromatic heterocycles. The van der Waals surface area contributed by atoms with Crippen LogP contribution in [0.25, 0.3) is 0 Å². The standard InChI is InChI=1S/C14H27NO4.ClH/c1-5-6-7-8-9-10-13(16)19-12(14(17)18)11-15(2,3)4;/h12H,5-11H2,1-4H3;1H. The average molecular weight is 310 g/mol. The van der Waals surface area contributed by atoms with Gasteiger partial charge in [-0.3, -0.25) is 4.79 Å². The van der Waals surface area contributed by atoms with E-state index in [2.05, 4.69) is 6.92 Å². The van der Waals surface area contributed by atoms with Crippen molar-refractivity contribution in [3.05, 3.63) is 0 Å². The van der Waals surface area contributed by atoms with Crippen LogP contribution in [0.3, 0.4) is 0 Å². The van der Waals surface area contributed by atoms with Crippen molar-refractivity contribution in [3.8, 4) is 0 Å². The van der Waals surface area contributed by atoms with Gasteiger partial charge in [-0.05, 0) is 6.42 Å². The number of likely N-dealkylation sites (N-methyl/N-ethyl adjacent to an activating group) is 1. The highest BCUT2D eigenvalue weighted by Gasteiger charge is 2.28. The first-order chi connectivity index (χ1) is 8.76. The number of rotatable bonds is 10. The summed E-state index contributed by atoms with van der Waals surface area (Å²) in [6, 6.07) is 0. The van der Waals surface area contributed by atoms with Gasteiger partial charge in [0, 0.05) is 6.42 Å². The Morgan fingerprint density at radius 1 is 1.10 bits per heavy atom. The lowest BCUT2D eigenvalue weighted by Gasteiger charge is -2.27. The maximum atomic E-state index is 11.6. The van der Waals surface area contributed by atoms with Crippen LogP contribution in [0.4, 0.5) is 0 Å². The number of esters is 1. The minimum Gasteiger partial charge on any atom is -1.00 e. The number of carboxylic acids is 1. The van der Waals surface area contributed by atoms with Crippen LogP contribution in [-0.2, 0) is 14.3 Å². The number of halogens is 1. The van der Waals surface area contributed by atoms with E-state index in [1.165, 1.54) is 6.42 Å². The Morgan fingerprint density at radius 3 is 2.10 bits per heavy atom. The molecule has 120 valence electrons. The number of carbonyl (C=O) groups is 2. The van der Waals surface area contributed by atoms with Gasteiger partial charge in [-0.15, -0.1) is 0 Å². The molecule has 0 radical (unpaired) electrons. The molecule has 1 N–H and O–H groups in total. The van der Waals surface area contributed by atoms with Crippen LogP contribution in [0.1, 0.15) is 45.4 Å². The number of carbonyl (C=O) groups excluding carboxylic acids is 1. The summed E-state index contributed by atoms with van der Waals surface area (Å²) in [5.74, 6) is -1.48. The summed E-state index contributed by atoms with van der Waals surface area (Å²) in [5, 5.41) is 9.04. The molecular weight excluding hydrogens is 282 g/mol. The molecule has 0 aromatic carbocycles. The fraction of sp³-hybridized carbons (Fsp3) is 0.857. The summed E-state index contributed by atoms with van der Waals surface area (Å²) in [7, 11) is 5.61. The molecule has 1 atom stereocenters. The van der Waals surface area contributed by atoms with Gasteiger partial charge in [0.05, 0.1) is 21.1 Å². The van der Waals surface area contributed by atoms with Gasteiger partial charge >= 0.3 is 11.9 Å². The molecule has 20 heavy (non-hydrogen) atoms. The van der Waals surface area contributed by atoms with E-state index < -0.39 is 18.0 Å². The second-order valence-corrected chi connectivity index (χ2v) is 5.95. The monoisotopic (exact) mass is 309 g/mol. The van der Waals surface area contributed by atoms with E-state index in [0.717, 1.165) is 25.7 Å². The van der Waals surface area contributed by atoms with Crippen LogP contribution >= 0.6 is 0 Å². The van der Waals surface area contributed by atoms with E-state index in [0.29, 0.717) is 10.9 Å². The fourth-order valence-corrected chi connectivity index (χ4v) is 1.75. The third-order valence-electron chi connectivity index (χ3n) is 2.75. The average Bonchev–Trinajstić information content (AvgIpc) is 2.26. The van der Waals surface area contributed by atoms with Gasteiger partial charge in [-0.2, -0.15) is 0 Å². The van der Waals surface area contributed by atoms with Gasteiger partial charge in [0.25, 0.3) is 0 Å². The van der Waals surface area contributed by atoms with E-state index in [9.17, 15) is 9.59 Å². The third-order valence-corrected chi connectivity index (χ3v) is 2.75. The minimum atomic E-state index is -1.08. The van der Waals surface area contributed by atoms with Crippen LogP contribution in [0, 0.1) is 0 Å². The molecule has 0 aliphatic rings. The highest BCUT2D eigenvalue weighted by Crippen LogP contribution is 2.08. The highest BCUT2D eigenvalue weighted by atomic mass is 35.5. The van der Waals surface area contributed by atoms with E-state index in [-0.39, 0.29) is 19.0 Å². The summed E-state index contributed by atoms with van der Waals surface area (Å²) in [5.41, 5.74) is 0. The predicted molar refractivity (Wildman–Crippen MR) is 73.8 cm³/mol. The molecule has 0 spiro atoms. The number of nitrogens with zero attached hydrogens (tertiary/aromatic N) is 1. The number of hydrogen-bond donors (Lipinski definition) is 1. The zero-order valence-corrected chi connectivity index (χ0v) is 13.8. The fourth-order valence-electron chi connectivity index (χ4n) is 1.75. The van der Waals surface area contributed by atoms with Crippen molar-refractivity contribution in [1.82, 2.24) is 0 Å². The molecule has 0 saturated heterocycles. The number of ether oxygens (including phenoxy) is 1. The van der Waals surface area contributed by atoms with Crippen molar-refractivity contribution in [1.29, 1.82) is 0 Å². The van der Waals surface area contributed by atoms with Crippen molar-refractivity contribution in [3.63, 3.8) is 0 Å². The SMILES string of the molecule is CCCCCCCC(=O)OC(C[N+](C)(C)C)C(=O)O.[Cl-]. The number of unbranched alkanes of at least 4 members (excludes halogenated alkanes) is 4. The molecule has 0 amide bonds. The van der Waals surface area contributed by atoms with Crippen LogP contribution in [0.2, 0.25) is 0 Å². The largest absolute Gasteiger partial charge is 1.00 e. The van der Waals surface area contributed by atoms with Crippen molar-refractivity contribution in [2.75, 3.05) is 27.7 Å². The molecule has 6 heteroatoms. The molecular formula is C14H28ClNO4. The summed E-state index contributed by atoms with van der Waals surface area (Å²) in [4.78, 5) is 22.6. The van der Waals surface area contributed by atoms with Crippen molar-refractivity contribution < 1.29 is 36.3 Å². The quantitative estimate of drug-likeness (QED) is 0.321. The normalized spacial score (nSPS) is 12.4. The second kappa shape index (κ2) is 10.9. The smallest absolute Gasteiger partial charge is 0.351 e. The molecule has 0 aliphatic carbocycles. The maximum Gasteiger partial charge on any atom is 0.351 e. The Bertz CT molecular complexity index is 289. The first-order valence-electron chi connectivity index (χ1n) is 6.99. The van der Waals surface area contributed by atoms with E-state index >= 15 is 0 Å². The Balaban J connectivity index is 0. The molecule has 0 aliphatic heterocycles. The van der Waals surface area contributed by atoms with Gasteiger partial charge in [0.1, 0.15) is 6.54 Å². The minimum absolute atomic E-state index is 0. The van der Waals surface area contributed by atoms with Crippen molar-refractivity contribution in [2.24, 2.45) is 0 Å². The second-order valence-electron chi connectivity index (χ2n) is 5.95. The van der Waals surface area contributed by atoms with Crippen LogP contribution in [0.15, 0.2) is 0 Å². The van der Waals surface area contributed by atoms with Gasteiger partial charge in [0.2, 0.25) is 6.10 Å². The van der Waals surface area contributed by atoms with Crippen molar-refractivity contribution >= 4 is 11.9 Å². The summed E-state index contributed by atoms with van der Waals surface area (Å²) in [6.45, 7) is 2.41. The lowest BCUT2D eigenvalue weighted by Crippen LogP contribution is -3.00. The molecule has 0 rings (SSSR count). The van der Waals surface area contributed by atoms with Gasteiger partial charge < -0.3 is 26.7 Å². The van der Waals surface area contributed by atoms with E-state index in [4.69, 9.17) is 9.84 Å². The number of carboxylic acid groups (broad SMARTS) is 1. The Labute approximate surface area is 128 Å². The van der Waals surface area contributed by atoms with Crippen LogP contribution < -0.4 is 12.4 Å². The van der Waals surface area contributed by atoms with Gasteiger partial charge in [0.15, 0.2) is 0 Å². The molecule has 0 saturated carbocycles. The lowest BCUT2D eigenvalue weighted by molar-refractivity contribution is -0.872. The molecule has 0 aromatic rings. The molecule has 1 unspecified atom stereocenters. The van der Waals surface area contributed by atoms with E-state index in [1.54, 1.807) is 0 Å². The van der Waals surface area contributed by atoms with Crippen LogP contribution in [0.5, 0.6) is 0 Å². The first-order valence-corrected chi connectivity index (χ1v) is 6.99. The highest BCUT2D eigenvalue weighted by molar-refractivity contribution is 5.78. The molecule has 5 nitrogen and oxygen atoms in total. The van der Waals surface area contributed by atoms with Gasteiger partial charge in [-0.1, -0.05) is 32.6 Å². The third kappa shape index (κ3) is 12.2. The number of hydrogen-bond acceptors (Lipinski definition) is 3.